The smallest absolute Gasteiger partial charge is 0.220 e. The van der Waals surface area contributed by atoms with Crippen molar-refractivity contribution >= 4 is 28.9 Å². The molecule has 0 unspecified atom stereocenters. The topological polar surface area (TPSA) is 44.4 Å². The molecule has 1 aliphatic heterocycles. The average molecular weight is 386 g/mol. The number of para-hydroxylation sites is 1. The van der Waals surface area contributed by atoms with Crippen LogP contribution in [0.25, 0.3) is 0 Å². The number of thiocarbonyl (C=S) groups is 1. The lowest BCUT2D eigenvalue weighted by Crippen LogP contribution is -2.47. The molecule has 0 aliphatic carbocycles. The Kier molecular flexibility index (Phi) is 6.76. The summed E-state index contributed by atoms with van der Waals surface area (Å²) < 4.78 is 13.7. The molecule has 2 N–H and O–H groups in total. The number of piperidine rings is 1. The summed E-state index contributed by atoms with van der Waals surface area (Å²) in [6.07, 6.45) is 2.91. The number of anilines is 1. The first kappa shape index (κ1) is 19.3. The first-order chi connectivity index (χ1) is 13.1. The fraction of sp³-hybridized carbons (Fsp3) is 0.333. The number of amides is 1. The quantitative estimate of drug-likeness (QED) is 0.770. The third kappa shape index (κ3) is 5.76. The van der Waals surface area contributed by atoms with E-state index in [2.05, 4.69) is 10.6 Å². The largest absolute Gasteiger partial charge is 0.353 e. The van der Waals surface area contributed by atoms with E-state index < -0.39 is 0 Å². The predicted octanol–water partition coefficient (Wildman–Crippen LogP) is 3.74. The second kappa shape index (κ2) is 9.46. The van der Waals surface area contributed by atoms with Crippen LogP contribution < -0.4 is 10.6 Å². The number of hydrogen-bond donors (Lipinski definition) is 2. The Labute approximate surface area is 164 Å². The van der Waals surface area contributed by atoms with Gasteiger partial charge < -0.3 is 15.5 Å². The van der Waals surface area contributed by atoms with E-state index in [1.54, 1.807) is 18.2 Å². The summed E-state index contributed by atoms with van der Waals surface area (Å²) in [6.45, 7) is 1.48. The van der Waals surface area contributed by atoms with Crippen LogP contribution in [0.3, 0.4) is 0 Å². The number of halogens is 1. The van der Waals surface area contributed by atoms with Crippen LogP contribution in [0.1, 0.15) is 24.8 Å². The SMILES string of the molecule is O=C(CCc1ccccc1)NC1CCN(C(=S)Nc2ccccc2F)CC1. The highest BCUT2D eigenvalue weighted by atomic mass is 32.1. The zero-order valence-corrected chi connectivity index (χ0v) is 16.0. The third-order valence-electron chi connectivity index (χ3n) is 4.75. The maximum atomic E-state index is 13.7. The van der Waals surface area contributed by atoms with E-state index in [1.807, 2.05) is 35.2 Å². The molecule has 4 nitrogen and oxygen atoms in total. The van der Waals surface area contributed by atoms with Crippen LogP contribution in [0, 0.1) is 5.82 Å². The van der Waals surface area contributed by atoms with Crippen LogP contribution in [0.15, 0.2) is 54.6 Å². The van der Waals surface area contributed by atoms with E-state index in [-0.39, 0.29) is 17.8 Å². The summed E-state index contributed by atoms with van der Waals surface area (Å²) in [7, 11) is 0. The fourth-order valence-electron chi connectivity index (χ4n) is 3.19. The van der Waals surface area contributed by atoms with Crippen molar-refractivity contribution in [1.29, 1.82) is 0 Å². The Morgan fingerprint density at radius 3 is 2.44 bits per heavy atom. The second-order valence-corrected chi connectivity index (χ2v) is 7.11. The summed E-state index contributed by atoms with van der Waals surface area (Å²) in [4.78, 5) is 14.2. The predicted molar refractivity (Wildman–Crippen MR) is 110 cm³/mol. The van der Waals surface area contributed by atoms with Gasteiger partial charge in [0.1, 0.15) is 5.82 Å². The van der Waals surface area contributed by atoms with Crippen LogP contribution in [0.5, 0.6) is 0 Å². The molecule has 1 saturated heterocycles. The monoisotopic (exact) mass is 385 g/mol. The molecule has 1 heterocycles. The fourth-order valence-corrected chi connectivity index (χ4v) is 3.48. The zero-order chi connectivity index (χ0) is 19.1. The molecular formula is C21H24FN3OS. The van der Waals surface area contributed by atoms with Gasteiger partial charge in [-0.15, -0.1) is 0 Å². The van der Waals surface area contributed by atoms with Crippen molar-refractivity contribution in [3.63, 3.8) is 0 Å². The number of aryl methyl sites for hydroxylation is 1. The molecule has 2 aromatic rings. The molecule has 1 aliphatic rings. The lowest BCUT2D eigenvalue weighted by molar-refractivity contribution is -0.122. The average Bonchev–Trinajstić information content (AvgIpc) is 2.69. The molecule has 0 radical (unpaired) electrons. The van der Waals surface area contributed by atoms with Gasteiger partial charge in [-0.3, -0.25) is 4.79 Å². The maximum absolute atomic E-state index is 13.7. The van der Waals surface area contributed by atoms with Crippen LogP contribution in [0.2, 0.25) is 0 Å². The third-order valence-corrected chi connectivity index (χ3v) is 5.11. The Bertz CT molecular complexity index is 776. The molecular weight excluding hydrogens is 361 g/mol. The van der Waals surface area contributed by atoms with Gasteiger partial charge in [-0.2, -0.15) is 0 Å². The number of carbonyl (C=O) groups excluding carboxylic acids is 1. The van der Waals surface area contributed by atoms with Gasteiger partial charge in [-0.1, -0.05) is 42.5 Å². The highest BCUT2D eigenvalue weighted by Crippen LogP contribution is 2.16. The number of carbonyl (C=O) groups is 1. The molecule has 0 spiro atoms. The van der Waals surface area contributed by atoms with E-state index >= 15 is 0 Å². The summed E-state index contributed by atoms with van der Waals surface area (Å²) in [5, 5.41) is 6.61. The Balaban J connectivity index is 1.40. The Morgan fingerprint density at radius 1 is 1.07 bits per heavy atom. The van der Waals surface area contributed by atoms with Gasteiger partial charge in [-0.25, -0.2) is 4.39 Å². The van der Waals surface area contributed by atoms with E-state index in [1.165, 1.54) is 11.6 Å². The molecule has 0 aromatic heterocycles. The minimum atomic E-state index is -0.319. The first-order valence-electron chi connectivity index (χ1n) is 9.25. The van der Waals surface area contributed by atoms with Crippen molar-refractivity contribution in [3.05, 3.63) is 66.0 Å². The minimum absolute atomic E-state index is 0.0874. The van der Waals surface area contributed by atoms with Crippen molar-refractivity contribution in [2.24, 2.45) is 0 Å². The number of nitrogens with zero attached hydrogens (tertiary/aromatic N) is 1. The van der Waals surface area contributed by atoms with Crippen LogP contribution in [-0.4, -0.2) is 35.1 Å². The van der Waals surface area contributed by atoms with E-state index in [0.29, 0.717) is 17.2 Å². The van der Waals surface area contributed by atoms with Gasteiger partial charge in [0.25, 0.3) is 0 Å². The van der Waals surface area contributed by atoms with Crippen LogP contribution in [0.4, 0.5) is 10.1 Å². The summed E-state index contributed by atoms with van der Waals surface area (Å²) >= 11 is 5.40. The van der Waals surface area contributed by atoms with Crippen molar-refractivity contribution < 1.29 is 9.18 Å². The molecule has 6 heteroatoms. The molecule has 27 heavy (non-hydrogen) atoms. The molecule has 0 saturated carbocycles. The Morgan fingerprint density at radius 2 is 1.74 bits per heavy atom. The minimum Gasteiger partial charge on any atom is -0.353 e. The summed E-state index contributed by atoms with van der Waals surface area (Å²) in [5.41, 5.74) is 1.56. The van der Waals surface area contributed by atoms with Crippen molar-refractivity contribution in [2.75, 3.05) is 18.4 Å². The summed E-state index contributed by atoms with van der Waals surface area (Å²) in [5.74, 6) is -0.232. The van der Waals surface area contributed by atoms with E-state index in [9.17, 15) is 9.18 Å². The Hall–Kier alpha value is -2.47. The second-order valence-electron chi connectivity index (χ2n) is 6.72. The van der Waals surface area contributed by atoms with Gasteiger partial charge in [0.05, 0.1) is 5.69 Å². The van der Waals surface area contributed by atoms with Gasteiger partial charge >= 0.3 is 0 Å². The lowest BCUT2D eigenvalue weighted by Gasteiger charge is -2.34. The van der Waals surface area contributed by atoms with Crippen molar-refractivity contribution in [1.82, 2.24) is 10.2 Å². The molecule has 1 fully saturated rings. The molecule has 2 aromatic carbocycles. The van der Waals surface area contributed by atoms with Crippen molar-refractivity contribution in [3.8, 4) is 0 Å². The number of rotatable bonds is 5. The lowest BCUT2D eigenvalue weighted by atomic mass is 10.0. The standard InChI is InChI=1S/C21H24FN3OS/c22-18-8-4-5-9-19(18)24-21(27)25-14-12-17(13-15-25)23-20(26)11-10-16-6-2-1-3-7-16/h1-9,17H,10-15H2,(H,23,26)(H,24,27). The van der Waals surface area contributed by atoms with Gasteiger partial charge in [0.15, 0.2) is 5.11 Å². The molecule has 142 valence electrons. The van der Waals surface area contributed by atoms with Crippen molar-refractivity contribution in [2.45, 2.75) is 31.7 Å². The van der Waals surface area contributed by atoms with E-state index in [0.717, 1.165) is 32.4 Å². The zero-order valence-electron chi connectivity index (χ0n) is 15.2. The molecule has 3 rings (SSSR count). The molecule has 0 bridgehead atoms. The number of benzene rings is 2. The van der Waals surface area contributed by atoms with E-state index in [4.69, 9.17) is 12.2 Å². The normalized spacial score (nSPS) is 14.6. The van der Waals surface area contributed by atoms with Gasteiger partial charge in [0.2, 0.25) is 5.91 Å². The number of nitrogens with one attached hydrogen (secondary N) is 2. The first-order valence-corrected chi connectivity index (χ1v) is 9.66. The summed E-state index contributed by atoms with van der Waals surface area (Å²) in [6, 6.07) is 16.7. The van der Waals surface area contributed by atoms with Crippen LogP contribution in [-0.2, 0) is 11.2 Å². The van der Waals surface area contributed by atoms with Gasteiger partial charge in [0, 0.05) is 25.6 Å². The number of hydrogen-bond acceptors (Lipinski definition) is 2. The number of likely N-dealkylation sites (tertiary alicyclic amines) is 1. The van der Waals surface area contributed by atoms with Crippen LogP contribution >= 0.6 is 12.2 Å². The highest BCUT2D eigenvalue weighted by Gasteiger charge is 2.22. The molecule has 1 amide bonds. The molecule has 0 atom stereocenters. The highest BCUT2D eigenvalue weighted by molar-refractivity contribution is 7.80. The maximum Gasteiger partial charge on any atom is 0.220 e. The van der Waals surface area contributed by atoms with Gasteiger partial charge in [-0.05, 0) is 49.2 Å².